The fourth-order valence-electron chi connectivity index (χ4n) is 9.75. The molecule has 0 amide bonds. The van der Waals surface area contributed by atoms with Gasteiger partial charge in [0.25, 0.3) is 0 Å². The highest BCUT2D eigenvalue weighted by atomic mass is 31.2. The van der Waals surface area contributed by atoms with Crippen LogP contribution in [0.5, 0.6) is 0 Å². The van der Waals surface area contributed by atoms with E-state index in [0.29, 0.717) is 31.6 Å². The van der Waals surface area contributed by atoms with E-state index in [1.165, 1.54) is 116 Å². The second-order valence-corrected chi connectivity index (χ2v) is 28.4. The first-order valence-corrected chi connectivity index (χ1v) is 37.2. The van der Waals surface area contributed by atoms with Crippen molar-refractivity contribution in [3.63, 3.8) is 0 Å². The molecule has 6 atom stereocenters. The molecule has 0 heterocycles. The van der Waals surface area contributed by atoms with Crippen LogP contribution < -0.4 is 0 Å². The van der Waals surface area contributed by atoms with Gasteiger partial charge in [0.2, 0.25) is 0 Å². The number of esters is 4. The van der Waals surface area contributed by atoms with Crippen molar-refractivity contribution < 1.29 is 80.2 Å². The second-order valence-electron chi connectivity index (χ2n) is 25.5. The first kappa shape index (κ1) is 83.1. The predicted molar refractivity (Wildman–Crippen MR) is 340 cm³/mol. The zero-order valence-corrected chi connectivity index (χ0v) is 57.0. The molecule has 0 spiro atoms. The molecule has 0 fully saturated rings. The highest BCUT2D eigenvalue weighted by molar-refractivity contribution is 7.47. The van der Waals surface area contributed by atoms with Crippen molar-refractivity contribution in [1.29, 1.82) is 0 Å². The maximum atomic E-state index is 13.0. The molecule has 85 heavy (non-hydrogen) atoms. The van der Waals surface area contributed by atoms with E-state index in [9.17, 15) is 43.2 Å². The Balaban J connectivity index is 5.24. The number of carbonyl (C=O) groups excluding carboxylic acids is 4. The Bertz CT molecular complexity index is 1700. The monoisotopic (exact) mass is 1250 g/mol. The first-order valence-electron chi connectivity index (χ1n) is 34.2. The predicted octanol–water partition coefficient (Wildman–Crippen LogP) is 18.1. The number of unbranched alkanes of at least 4 members (excludes halogenated alkanes) is 28. The lowest BCUT2D eigenvalue weighted by atomic mass is 10.00. The largest absolute Gasteiger partial charge is 0.472 e. The van der Waals surface area contributed by atoms with Crippen molar-refractivity contribution in [2.24, 2.45) is 23.7 Å². The molecule has 3 N–H and O–H groups in total. The quantitative estimate of drug-likeness (QED) is 0.0222. The zero-order valence-electron chi connectivity index (χ0n) is 55.2. The van der Waals surface area contributed by atoms with Crippen molar-refractivity contribution in [2.45, 2.75) is 337 Å². The topological polar surface area (TPSA) is 237 Å². The average molecular weight is 1260 g/mol. The van der Waals surface area contributed by atoms with E-state index in [0.717, 1.165) is 114 Å². The molecule has 0 saturated heterocycles. The van der Waals surface area contributed by atoms with E-state index in [2.05, 4.69) is 55.4 Å². The van der Waals surface area contributed by atoms with Crippen LogP contribution in [0.2, 0.25) is 0 Å². The molecule has 0 aromatic rings. The molecule has 504 valence electrons. The fourth-order valence-corrected chi connectivity index (χ4v) is 11.3. The Morgan fingerprint density at radius 1 is 0.329 bits per heavy atom. The van der Waals surface area contributed by atoms with Gasteiger partial charge in [-0.25, -0.2) is 9.13 Å². The summed E-state index contributed by atoms with van der Waals surface area (Å²) < 4.78 is 68.1. The lowest BCUT2D eigenvalue weighted by molar-refractivity contribution is -0.161. The van der Waals surface area contributed by atoms with Gasteiger partial charge >= 0.3 is 39.5 Å². The van der Waals surface area contributed by atoms with Crippen LogP contribution in [0.4, 0.5) is 0 Å². The fraction of sp³-hybridized carbons (Fsp3) is 0.939. The van der Waals surface area contributed by atoms with Crippen LogP contribution in [-0.2, 0) is 65.4 Å². The van der Waals surface area contributed by atoms with E-state index in [1.54, 1.807) is 0 Å². The molecule has 0 aliphatic carbocycles. The average Bonchev–Trinajstić information content (AvgIpc) is 3.56. The molecule has 0 aromatic carbocycles. The molecular weight excluding hydrogens is 1130 g/mol. The van der Waals surface area contributed by atoms with Crippen LogP contribution in [0, 0.1) is 23.7 Å². The van der Waals surface area contributed by atoms with Crippen LogP contribution in [-0.4, -0.2) is 96.7 Å². The Labute approximate surface area is 517 Å². The van der Waals surface area contributed by atoms with Gasteiger partial charge in [-0.1, -0.05) is 267 Å². The van der Waals surface area contributed by atoms with Gasteiger partial charge in [-0.05, 0) is 49.4 Å². The van der Waals surface area contributed by atoms with Gasteiger partial charge in [0.1, 0.15) is 19.3 Å². The zero-order chi connectivity index (χ0) is 63.2. The SMILES string of the molecule is CCC(C)CCCCCCCCC(=O)OC[C@H](COP(=O)(O)OC[C@H](O)COP(=O)(O)OC[C@@H](COC(=O)CCCCCCCCCCCCCC(C)C)OC(=O)CCCCCCCCCCC(C)C)OC(=O)CCCCCCCCCC(C)C. The number of hydrogen-bond donors (Lipinski definition) is 3. The summed E-state index contributed by atoms with van der Waals surface area (Å²) in [6, 6.07) is 0. The second kappa shape index (κ2) is 56.1. The summed E-state index contributed by atoms with van der Waals surface area (Å²) in [5.74, 6) is 0.777. The number of ether oxygens (including phenoxy) is 4. The Morgan fingerprint density at radius 2 is 0.565 bits per heavy atom. The van der Waals surface area contributed by atoms with Crippen molar-refractivity contribution in [3.8, 4) is 0 Å². The smallest absolute Gasteiger partial charge is 0.462 e. The molecular formula is C66H128O17P2. The molecule has 17 nitrogen and oxygen atoms in total. The van der Waals surface area contributed by atoms with E-state index >= 15 is 0 Å². The molecule has 0 saturated carbocycles. The Hall–Kier alpha value is -1.94. The highest BCUT2D eigenvalue weighted by Gasteiger charge is 2.30. The Kier molecular flexibility index (Phi) is 54.8. The van der Waals surface area contributed by atoms with E-state index in [-0.39, 0.29) is 25.7 Å². The summed E-state index contributed by atoms with van der Waals surface area (Å²) in [6.07, 6.45) is 36.4. The maximum absolute atomic E-state index is 13.0. The molecule has 0 aromatic heterocycles. The van der Waals surface area contributed by atoms with Gasteiger partial charge in [-0.2, -0.15) is 0 Å². The van der Waals surface area contributed by atoms with Crippen molar-refractivity contribution in [1.82, 2.24) is 0 Å². The molecule has 0 aliphatic heterocycles. The van der Waals surface area contributed by atoms with Crippen molar-refractivity contribution >= 4 is 39.5 Å². The minimum absolute atomic E-state index is 0.102. The lowest BCUT2D eigenvalue weighted by Crippen LogP contribution is -2.30. The van der Waals surface area contributed by atoms with E-state index in [4.69, 9.17) is 37.0 Å². The summed E-state index contributed by atoms with van der Waals surface area (Å²) in [5, 5.41) is 10.5. The van der Waals surface area contributed by atoms with Crippen LogP contribution in [0.3, 0.4) is 0 Å². The van der Waals surface area contributed by atoms with Gasteiger partial charge in [-0.3, -0.25) is 37.3 Å². The minimum atomic E-state index is -4.95. The number of phosphoric acid groups is 2. The number of aliphatic hydroxyl groups is 1. The Morgan fingerprint density at radius 3 is 0.835 bits per heavy atom. The standard InChI is InChI=1S/C66H128O17P2/c1-9-59(8)45-37-29-24-25-31-39-47-64(69)77-53-62(83-66(71)49-41-33-23-17-20-28-36-44-58(6)7)55-81-85(74,75)79-51-60(67)50-78-84(72,73)80-54-61(82-65(70)48-40-32-22-16-15-19-27-35-43-57(4)5)52-76-63(68)46-38-30-21-14-12-10-11-13-18-26-34-42-56(2)3/h56-62,67H,9-55H2,1-8H3,(H,72,73)(H,74,75)/t59?,60-,61-,62-/m1/s1. The number of phosphoric ester groups is 2. The summed E-state index contributed by atoms with van der Waals surface area (Å²) in [7, 11) is -9.89. The molecule has 0 rings (SSSR count). The van der Waals surface area contributed by atoms with Crippen LogP contribution >= 0.6 is 15.6 Å². The van der Waals surface area contributed by atoms with Crippen molar-refractivity contribution in [3.05, 3.63) is 0 Å². The maximum Gasteiger partial charge on any atom is 0.472 e. The molecule has 0 aliphatic rings. The molecule has 19 heteroatoms. The van der Waals surface area contributed by atoms with Gasteiger partial charge in [0, 0.05) is 25.7 Å². The van der Waals surface area contributed by atoms with Gasteiger partial charge in [0.15, 0.2) is 12.2 Å². The molecule has 3 unspecified atom stereocenters. The molecule has 0 bridgehead atoms. The highest BCUT2D eigenvalue weighted by Crippen LogP contribution is 2.45. The number of hydrogen-bond acceptors (Lipinski definition) is 15. The van der Waals surface area contributed by atoms with Crippen molar-refractivity contribution in [2.75, 3.05) is 39.6 Å². The number of rotatable bonds is 63. The lowest BCUT2D eigenvalue weighted by Gasteiger charge is -2.21. The minimum Gasteiger partial charge on any atom is -0.462 e. The summed E-state index contributed by atoms with van der Waals surface area (Å²) in [5.41, 5.74) is 0. The first-order chi connectivity index (χ1) is 40.6. The van der Waals surface area contributed by atoms with E-state index in [1.807, 2.05) is 0 Å². The number of aliphatic hydroxyl groups excluding tert-OH is 1. The third-order valence-electron chi connectivity index (χ3n) is 15.4. The summed E-state index contributed by atoms with van der Waals surface area (Å²) in [6.45, 7) is 14.0. The summed E-state index contributed by atoms with van der Waals surface area (Å²) in [4.78, 5) is 72.3. The molecule has 0 radical (unpaired) electrons. The van der Waals surface area contributed by atoms with Gasteiger partial charge in [0.05, 0.1) is 26.4 Å². The third-order valence-corrected chi connectivity index (χ3v) is 17.3. The van der Waals surface area contributed by atoms with Crippen LogP contribution in [0.1, 0.15) is 319 Å². The van der Waals surface area contributed by atoms with Gasteiger partial charge < -0.3 is 33.8 Å². The normalized spacial score (nSPS) is 14.7. The van der Waals surface area contributed by atoms with Crippen LogP contribution in [0.25, 0.3) is 0 Å². The van der Waals surface area contributed by atoms with Crippen LogP contribution in [0.15, 0.2) is 0 Å². The van der Waals surface area contributed by atoms with Gasteiger partial charge in [-0.15, -0.1) is 0 Å². The summed E-state index contributed by atoms with van der Waals surface area (Å²) >= 11 is 0. The third kappa shape index (κ3) is 59.5. The number of carbonyl (C=O) groups is 4. The van der Waals surface area contributed by atoms with E-state index < -0.39 is 97.5 Å².